The molecule has 1 aliphatic carbocycles. The lowest BCUT2D eigenvalue weighted by Crippen LogP contribution is -2.31. The summed E-state index contributed by atoms with van der Waals surface area (Å²) in [5.74, 6) is -1.64. The number of hydrogen-bond acceptors (Lipinski definition) is 6. The predicted molar refractivity (Wildman–Crippen MR) is 105 cm³/mol. The van der Waals surface area contributed by atoms with Gasteiger partial charge in [-0.3, -0.25) is 4.79 Å². The third-order valence-electron chi connectivity index (χ3n) is 4.69. The lowest BCUT2D eigenvalue weighted by atomic mass is 10.1. The van der Waals surface area contributed by atoms with E-state index in [2.05, 4.69) is 5.18 Å². The van der Waals surface area contributed by atoms with Gasteiger partial charge in [-0.15, -0.1) is 4.91 Å². The van der Waals surface area contributed by atoms with Gasteiger partial charge in [0.25, 0.3) is 15.9 Å². The number of hydrogen-bond donors (Lipinski definition) is 1. The number of carbonyl (C=O) groups excluding carboxylic acids is 1. The summed E-state index contributed by atoms with van der Waals surface area (Å²) in [5, 5.41) is 2.67. The molecule has 1 fully saturated rings. The van der Waals surface area contributed by atoms with E-state index in [0.29, 0.717) is 12.5 Å². The highest BCUT2D eigenvalue weighted by atomic mass is 35.5. The molecule has 0 saturated heterocycles. The Bertz CT molecular complexity index is 1020. The average molecular weight is 441 g/mol. The van der Waals surface area contributed by atoms with Crippen LogP contribution in [0.15, 0.2) is 46.5 Å². The monoisotopic (exact) mass is 440 g/mol. The molecule has 0 aliphatic heterocycles. The molecule has 2 aromatic rings. The molecule has 0 spiro atoms. The van der Waals surface area contributed by atoms with Crippen LogP contribution in [-0.2, 0) is 10.0 Å². The van der Waals surface area contributed by atoms with Crippen LogP contribution >= 0.6 is 11.6 Å². The number of nitrogens with zero attached hydrogens (tertiary/aromatic N) is 1. The van der Waals surface area contributed by atoms with Crippen LogP contribution in [0.4, 0.5) is 10.1 Å². The Labute approximate surface area is 172 Å². The van der Waals surface area contributed by atoms with Crippen molar-refractivity contribution in [2.24, 2.45) is 11.1 Å². The zero-order valence-corrected chi connectivity index (χ0v) is 16.8. The molecule has 1 aliphatic rings. The van der Waals surface area contributed by atoms with Gasteiger partial charge in [0, 0.05) is 6.07 Å². The number of rotatable bonds is 7. The second-order valence-electron chi connectivity index (χ2n) is 6.74. The van der Waals surface area contributed by atoms with E-state index in [1.165, 1.54) is 12.1 Å². The molecule has 0 bridgehead atoms. The molecule has 10 heteroatoms. The number of sulfonamides is 1. The molecule has 29 heavy (non-hydrogen) atoms. The lowest BCUT2D eigenvalue weighted by molar-refractivity contribution is 0.0977. The highest BCUT2D eigenvalue weighted by molar-refractivity contribution is 7.90. The second kappa shape index (κ2) is 8.87. The minimum absolute atomic E-state index is 0.00774. The number of nitrogens with one attached hydrogen (secondary N) is 1. The Morgan fingerprint density at radius 3 is 2.48 bits per heavy atom. The molecule has 3 rings (SSSR count). The Balaban J connectivity index is 1.74. The third-order valence-corrected chi connectivity index (χ3v) is 6.34. The van der Waals surface area contributed by atoms with Crippen LogP contribution < -0.4 is 9.46 Å². The number of ether oxygens (including phenoxy) is 1. The van der Waals surface area contributed by atoms with E-state index in [1.54, 1.807) is 4.72 Å². The highest BCUT2D eigenvalue weighted by Gasteiger charge is 2.23. The molecule has 1 saturated carbocycles. The van der Waals surface area contributed by atoms with E-state index >= 15 is 0 Å². The molecular weight excluding hydrogens is 423 g/mol. The Kier molecular flexibility index (Phi) is 6.49. The van der Waals surface area contributed by atoms with Crippen LogP contribution in [0.25, 0.3) is 0 Å². The first-order valence-electron chi connectivity index (χ1n) is 8.92. The van der Waals surface area contributed by atoms with Crippen molar-refractivity contribution in [2.75, 3.05) is 6.61 Å². The summed E-state index contributed by atoms with van der Waals surface area (Å²) >= 11 is 6.09. The lowest BCUT2D eigenvalue weighted by Gasteiger charge is -2.14. The van der Waals surface area contributed by atoms with Gasteiger partial charge in [0.1, 0.15) is 17.3 Å². The maximum atomic E-state index is 14.4. The SMILES string of the molecule is O=Nc1ccc(S(=O)(=O)NC(=O)c2cc(Cl)c(OCC3CCCC3)cc2F)cc1. The van der Waals surface area contributed by atoms with Crippen LogP contribution in [0.1, 0.15) is 36.0 Å². The molecule has 1 amide bonds. The topological polar surface area (TPSA) is 102 Å². The Morgan fingerprint density at radius 1 is 1.21 bits per heavy atom. The van der Waals surface area contributed by atoms with Crippen molar-refractivity contribution in [1.29, 1.82) is 0 Å². The van der Waals surface area contributed by atoms with Crippen LogP contribution in [-0.4, -0.2) is 20.9 Å². The molecule has 0 aromatic heterocycles. The summed E-state index contributed by atoms with van der Waals surface area (Å²) in [6, 6.07) is 6.58. The highest BCUT2D eigenvalue weighted by Crippen LogP contribution is 2.31. The molecular formula is C19H18ClFN2O5S. The maximum Gasteiger partial charge on any atom is 0.268 e. The van der Waals surface area contributed by atoms with Gasteiger partial charge in [0.15, 0.2) is 0 Å². The minimum atomic E-state index is -4.28. The molecule has 0 unspecified atom stereocenters. The second-order valence-corrected chi connectivity index (χ2v) is 8.83. The third kappa shape index (κ3) is 5.10. The summed E-state index contributed by atoms with van der Waals surface area (Å²) in [6.45, 7) is 0.407. The standard InChI is InChI=1S/C19H18ClFN2O5S/c20-16-9-15(17(21)10-18(16)28-11-12-3-1-2-4-12)19(24)23-29(26,27)14-7-5-13(22-25)6-8-14/h5-10,12H,1-4,11H2,(H,23,24). The van der Waals surface area contributed by atoms with E-state index in [-0.39, 0.29) is 21.4 Å². The number of carbonyl (C=O) groups is 1. The summed E-state index contributed by atoms with van der Waals surface area (Å²) in [6.07, 6.45) is 4.36. The van der Waals surface area contributed by atoms with Gasteiger partial charge < -0.3 is 4.74 Å². The van der Waals surface area contributed by atoms with E-state index in [0.717, 1.165) is 49.9 Å². The minimum Gasteiger partial charge on any atom is -0.492 e. The first-order chi connectivity index (χ1) is 13.8. The van der Waals surface area contributed by atoms with E-state index in [1.807, 2.05) is 0 Å². The zero-order chi connectivity index (χ0) is 21.0. The van der Waals surface area contributed by atoms with E-state index < -0.39 is 27.3 Å². The Hall–Kier alpha value is -2.52. The molecule has 0 radical (unpaired) electrons. The van der Waals surface area contributed by atoms with Crippen LogP contribution in [0.2, 0.25) is 5.02 Å². The number of amides is 1. The quantitative estimate of drug-likeness (QED) is 0.635. The number of benzene rings is 2. The fourth-order valence-electron chi connectivity index (χ4n) is 3.12. The fraction of sp³-hybridized carbons (Fsp3) is 0.316. The predicted octanol–water partition coefficient (Wildman–Crippen LogP) is 4.56. The smallest absolute Gasteiger partial charge is 0.268 e. The fourth-order valence-corrected chi connectivity index (χ4v) is 4.30. The average Bonchev–Trinajstić information content (AvgIpc) is 3.21. The van der Waals surface area contributed by atoms with E-state index in [4.69, 9.17) is 16.3 Å². The number of nitroso groups, excluding NO2 is 1. The molecule has 1 N–H and O–H groups in total. The largest absolute Gasteiger partial charge is 0.492 e. The van der Waals surface area contributed by atoms with Gasteiger partial charge in [0.2, 0.25) is 0 Å². The van der Waals surface area contributed by atoms with Crippen LogP contribution in [0.5, 0.6) is 5.75 Å². The van der Waals surface area contributed by atoms with Crippen molar-refractivity contribution in [1.82, 2.24) is 4.72 Å². The maximum absolute atomic E-state index is 14.4. The number of halogens is 2. The summed E-state index contributed by atoms with van der Waals surface area (Å²) in [4.78, 5) is 22.4. The molecule has 0 atom stereocenters. The van der Waals surface area contributed by atoms with Crippen molar-refractivity contribution < 1.29 is 22.3 Å². The van der Waals surface area contributed by atoms with Gasteiger partial charge in [-0.25, -0.2) is 17.5 Å². The van der Waals surface area contributed by atoms with Gasteiger partial charge in [-0.05, 0) is 54.3 Å². The van der Waals surface area contributed by atoms with Gasteiger partial charge in [-0.1, -0.05) is 24.4 Å². The van der Waals surface area contributed by atoms with E-state index in [9.17, 15) is 22.5 Å². The zero-order valence-electron chi connectivity index (χ0n) is 15.2. The van der Waals surface area contributed by atoms with Crippen molar-refractivity contribution >= 4 is 33.2 Å². The molecule has 154 valence electrons. The van der Waals surface area contributed by atoms with Crippen molar-refractivity contribution in [3.05, 3.63) is 57.7 Å². The van der Waals surface area contributed by atoms with Gasteiger partial charge in [0.05, 0.1) is 22.1 Å². The van der Waals surface area contributed by atoms with Crippen molar-refractivity contribution in [3.8, 4) is 5.75 Å². The molecule has 7 nitrogen and oxygen atoms in total. The Morgan fingerprint density at radius 2 is 1.86 bits per heavy atom. The summed E-state index contributed by atoms with van der Waals surface area (Å²) in [7, 11) is -4.28. The van der Waals surface area contributed by atoms with Crippen molar-refractivity contribution in [3.63, 3.8) is 0 Å². The molecule has 2 aromatic carbocycles. The first kappa shape index (κ1) is 21.2. The van der Waals surface area contributed by atoms with Crippen LogP contribution in [0, 0.1) is 16.6 Å². The molecule has 0 heterocycles. The van der Waals surface area contributed by atoms with Crippen molar-refractivity contribution in [2.45, 2.75) is 30.6 Å². The van der Waals surface area contributed by atoms with Gasteiger partial charge >= 0.3 is 0 Å². The normalized spacial score (nSPS) is 14.6. The first-order valence-corrected chi connectivity index (χ1v) is 10.8. The summed E-state index contributed by atoms with van der Waals surface area (Å²) in [5.41, 5.74) is -0.501. The van der Waals surface area contributed by atoms with Gasteiger partial charge in [-0.2, -0.15) is 0 Å². The van der Waals surface area contributed by atoms with Crippen LogP contribution in [0.3, 0.4) is 0 Å². The summed E-state index contributed by atoms with van der Waals surface area (Å²) < 4.78 is 46.4.